The van der Waals surface area contributed by atoms with Crippen molar-refractivity contribution in [2.75, 3.05) is 6.61 Å². The SMILES string of the molecule is C[C@H]1COC(c2cccc3c2C([C@@H]2CCc4cccc(P(c5cc(C(C)(C)C)cc(C(C)(C)C)c5)c5cc(C(C)(C)C)cc(C(C)(C)C)c5)c42)CC3)=N1. The van der Waals surface area contributed by atoms with E-state index < -0.39 is 7.92 Å². The first kappa shape index (κ1) is 38.1. The fraction of sp³-hybridized carbons (Fsp3) is 0.500. The summed E-state index contributed by atoms with van der Waals surface area (Å²) in [5.74, 6) is 1.78. The van der Waals surface area contributed by atoms with Crippen molar-refractivity contribution in [1.29, 1.82) is 0 Å². The Hall–Kier alpha value is -3.22. The Labute approximate surface area is 323 Å². The van der Waals surface area contributed by atoms with Gasteiger partial charge in [-0.25, -0.2) is 4.99 Å². The number of nitrogens with zero attached hydrogens (tertiary/aromatic N) is 1. The van der Waals surface area contributed by atoms with Crippen LogP contribution in [0.5, 0.6) is 0 Å². The molecule has 280 valence electrons. The van der Waals surface area contributed by atoms with E-state index in [1.54, 1.807) is 16.4 Å². The van der Waals surface area contributed by atoms with Gasteiger partial charge in [-0.05, 0) is 141 Å². The van der Waals surface area contributed by atoms with Gasteiger partial charge in [0.2, 0.25) is 5.90 Å². The van der Waals surface area contributed by atoms with Gasteiger partial charge in [0, 0.05) is 5.56 Å². The number of benzene rings is 4. The van der Waals surface area contributed by atoms with Crippen molar-refractivity contribution >= 4 is 29.7 Å². The molecular weight excluding hydrogens is 662 g/mol. The first-order valence-electron chi connectivity index (χ1n) is 20.3. The second-order valence-electron chi connectivity index (χ2n) is 20.5. The van der Waals surface area contributed by atoms with Crippen molar-refractivity contribution in [2.45, 2.75) is 155 Å². The highest BCUT2D eigenvalue weighted by atomic mass is 31.1. The summed E-state index contributed by atoms with van der Waals surface area (Å²) in [4.78, 5) is 4.98. The summed E-state index contributed by atoms with van der Waals surface area (Å²) in [6.45, 7) is 31.4. The molecule has 0 aromatic heterocycles. The van der Waals surface area contributed by atoms with Crippen LogP contribution in [0.1, 0.15) is 165 Å². The van der Waals surface area contributed by atoms with Gasteiger partial charge in [0.1, 0.15) is 6.61 Å². The predicted octanol–water partition coefficient (Wildman–Crippen LogP) is 11.6. The number of aliphatic imine (C=N–C) groups is 1. The monoisotopic (exact) mass is 725 g/mol. The largest absolute Gasteiger partial charge is 0.475 e. The molecule has 4 aromatic carbocycles. The molecule has 3 aliphatic rings. The molecule has 0 N–H and O–H groups in total. The summed E-state index contributed by atoms with van der Waals surface area (Å²) in [5.41, 5.74) is 13.3. The lowest BCUT2D eigenvalue weighted by atomic mass is 9.81. The van der Waals surface area contributed by atoms with Crippen LogP contribution in [-0.2, 0) is 39.2 Å². The third-order valence-corrected chi connectivity index (χ3v) is 14.6. The molecular formula is C50H64NOP. The Balaban J connectivity index is 1.49. The molecule has 0 amide bonds. The van der Waals surface area contributed by atoms with Crippen LogP contribution in [0.2, 0.25) is 0 Å². The molecule has 2 aliphatic carbocycles. The van der Waals surface area contributed by atoms with Crippen LogP contribution in [0.3, 0.4) is 0 Å². The molecule has 0 spiro atoms. The number of fused-ring (bicyclic) bond motifs is 2. The molecule has 7 rings (SSSR count). The van der Waals surface area contributed by atoms with Crippen molar-refractivity contribution in [3.05, 3.63) is 123 Å². The molecule has 1 unspecified atom stereocenters. The average molecular weight is 726 g/mol. The van der Waals surface area contributed by atoms with Gasteiger partial charge >= 0.3 is 0 Å². The number of hydrogen-bond donors (Lipinski definition) is 0. The average Bonchev–Trinajstić information content (AvgIpc) is 3.81. The van der Waals surface area contributed by atoms with Crippen LogP contribution in [-0.4, -0.2) is 18.5 Å². The number of hydrogen-bond acceptors (Lipinski definition) is 2. The maximum Gasteiger partial charge on any atom is 0.216 e. The zero-order valence-electron chi connectivity index (χ0n) is 35.0. The van der Waals surface area contributed by atoms with E-state index in [2.05, 4.69) is 163 Å². The summed E-state index contributed by atoms with van der Waals surface area (Å²) in [6.07, 6.45) is 4.66. The summed E-state index contributed by atoms with van der Waals surface area (Å²) in [7, 11) is -0.881. The van der Waals surface area contributed by atoms with E-state index in [9.17, 15) is 0 Å². The van der Waals surface area contributed by atoms with E-state index in [-0.39, 0.29) is 27.7 Å². The van der Waals surface area contributed by atoms with E-state index in [1.165, 1.54) is 62.4 Å². The van der Waals surface area contributed by atoms with E-state index in [0.717, 1.165) is 18.7 Å². The van der Waals surface area contributed by atoms with Crippen molar-refractivity contribution in [3.63, 3.8) is 0 Å². The first-order valence-corrected chi connectivity index (χ1v) is 21.6. The maximum atomic E-state index is 6.24. The lowest BCUT2D eigenvalue weighted by Gasteiger charge is -2.33. The highest BCUT2D eigenvalue weighted by molar-refractivity contribution is 7.80. The summed E-state index contributed by atoms with van der Waals surface area (Å²) in [6, 6.07) is 29.8. The van der Waals surface area contributed by atoms with E-state index >= 15 is 0 Å². The molecule has 0 radical (unpaired) electrons. The van der Waals surface area contributed by atoms with Gasteiger partial charge in [0.05, 0.1) is 6.04 Å². The minimum absolute atomic E-state index is 0.0362. The smallest absolute Gasteiger partial charge is 0.216 e. The second kappa shape index (κ2) is 13.5. The summed E-state index contributed by atoms with van der Waals surface area (Å²) in [5, 5.41) is 4.53. The van der Waals surface area contributed by atoms with Gasteiger partial charge in [0.15, 0.2) is 0 Å². The molecule has 0 saturated carbocycles. The topological polar surface area (TPSA) is 21.6 Å². The molecule has 1 heterocycles. The molecule has 3 atom stereocenters. The quantitative estimate of drug-likeness (QED) is 0.188. The van der Waals surface area contributed by atoms with Gasteiger partial charge < -0.3 is 4.74 Å². The Kier molecular flexibility index (Phi) is 9.71. The maximum absolute atomic E-state index is 6.24. The van der Waals surface area contributed by atoms with Crippen molar-refractivity contribution in [1.82, 2.24) is 0 Å². The molecule has 1 aliphatic heterocycles. The normalized spacial score (nSPS) is 20.4. The van der Waals surface area contributed by atoms with E-state index in [4.69, 9.17) is 9.73 Å². The van der Waals surface area contributed by atoms with E-state index in [0.29, 0.717) is 18.4 Å². The van der Waals surface area contributed by atoms with Gasteiger partial charge in [-0.3, -0.25) is 0 Å². The summed E-state index contributed by atoms with van der Waals surface area (Å²) >= 11 is 0. The minimum Gasteiger partial charge on any atom is -0.475 e. The standard InChI is InChI=1S/C50H64NOP/c1-31-30-52-46(51-31)42-18-14-16-32-20-22-40(44(32)42)41-23-21-33-17-15-19-43(45(33)41)53(38-26-34(47(2,3)4)24-35(27-38)48(5,6)7)39-28-36(49(8,9)10)25-37(29-39)50(11,12)13/h14-19,24-29,31,40-41H,20-23,30H2,1-13H3/t31-,40?,41-/m0/s1. The second-order valence-corrected chi connectivity index (χ2v) is 22.7. The number of ether oxygens (including phenoxy) is 1. The molecule has 3 heteroatoms. The number of aryl methyl sites for hydroxylation is 2. The van der Waals surface area contributed by atoms with Gasteiger partial charge in [0.25, 0.3) is 0 Å². The third-order valence-electron chi connectivity index (χ3n) is 12.1. The highest BCUT2D eigenvalue weighted by Gasteiger charge is 2.40. The zero-order valence-corrected chi connectivity index (χ0v) is 35.9. The minimum atomic E-state index is -0.881. The van der Waals surface area contributed by atoms with Crippen molar-refractivity contribution < 1.29 is 4.74 Å². The van der Waals surface area contributed by atoms with Gasteiger partial charge in [-0.1, -0.05) is 150 Å². The molecule has 4 aromatic rings. The van der Waals surface area contributed by atoms with Gasteiger partial charge in [-0.15, -0.1) is 0 Å². The van der Waals surface area contributed by atoms with Crippen molar-refractivity contribution in [2.24, 2.45) is 4.99 Å². The zero-order chi connectivity index (χ0) is 38.2. The first-order chi connectivity index (χ1) is 24.7. The van der Waals surface area contributed by atoms with Gasteiger partial charge in [-0.2, -0.15) is 0 Å². The van der Waals surface area contributed by atoms with Crippen LogP contribution in [0.25, 0.3) is 0 Å². The van der Waals surface area contributed by atoms with Crippen LogP contribution < -0.4 is 15.9 Å². The van der Waals surface area contributed by atoms with E-state index in [1.807, 2.05) is 0 Å². The van der Waals surface area contributed by atoms with Crippen molar-refractivity contribution in [3.8, 4) is 0 Å². The molecule has 2 nitrogen and oxygen atoms in total. The third kappa shape index (κ3) is 7.44. The van der Waals surface area contributed by atoms with Crippen LogP contribution in [0, 0.1) is 0 Å². The number of rotatable bonds is 5. The predicted molar refractivity (Wildman–Crippen MR) is 230 cm³/mol. The Morgan fingerprint density at radius 1 is 0.566 bits per heavy atom. The highest BCUT2D eigenvalue weighted by Crippen LogP contribution is 2.52. The van der Waals surface area contributed by atoms with Crippen LogP contribution >= 0.6 is 7.92 Å². The Morgan fingerprint density at radius 2 is 1.00 bits per heavy atom. The summed E-state index contributed by atoms with van der Waals surface area (Å²) < 4.78 is 6.24. The molecule has 0 saturated heterocycles. The fourth-order valence-electron chi connectivity index (χ4n) is 8.87. The fourth-order valence-corrected chi connectivity index (χ4v) is 11.6. The van der Waals surface area contributed by atoms with Crippen LogP contribution in [0.15, 0.2) is 77.8 Å². The Morgan fingerprint density at radius 3 is 1.43 bits per heavy atom. The Bertz CT molecular complexity index is 1920. The molecule has 53 heavy (non-hydrogen) atoms. The molecule has 0 fully saturated rings. The van der Waals surface area contributed by atoms with Crippen LogP contribution in [0.4, 0.5) is 0 Å². The molecule has 0 bridgehead atoms. The lowest BCUT2D eigenvalue weighted by molar-refractivity contribution is 0.323. The lowest BCUT2D eigenvalue weighted by Crippen LogP contribution is -2.30.